The third-order valence-electron chi connectivity index (χ3n) is 2.22. The highest BCUT2D eigenvalue weighted by Gasteiger charge is 2.14. The summed E-state index contributed by atoms with van der Waals surface area (Å²) in [6.07, 6.45) is 3.38. The molecular formula is C10H6N4O3. The zero-order valence-corrected chi connectivity index (χ0v) is 8.44. The van der Waals surface area contributed by atoms with Gasteiger partial charge < -0.3 is 9.63 Å². The lowest BCUT2D eigenvalue weighted by atomic mass is 10.3. The van der Waals surface area contributed by atoms with Gasteiger partial charge in [0.1, 0.15) is 5.69 Å². The first kappa shape index (κ1) is 9.52. The minimum Gasteiger partial charge on any atom is -0.476 e. The maximum Gasteiger partial charge on any atom is 0.358 e. The molecule has 3 rings (SSSR count). The molecule has 3 aromatic rings. The molecule has 84 valence electrons. The Hall–Kier alpha value is -2.70. The van der Waals surface area contributed by atoms with Crippen molar-refractivity contribution in [1.82, 2.24) is 19.8 Å². The number of fused-ring (bicyclic) bond motifs is 1. The number of nitrogens with zero attached hydrogens (tertiary/aromatic N) is 4. The van der Waals surface area contributed by atoms with Gasteiger partial charge in [-0.2, -0.15) is 5.10 Å². The van der Waals surface area contributed by atoms with E-state index in [1.165, 1.54) is 6.07 Å². The van der Waals surface area contributed by atoms with Crippen molar-refractivity contribution in [2.45, 2.75) is 0 Å². The van der Waals surface area contributed by atoms with Crippen molar-refractivity contribution >= 4 is 11.6 Å². The van der Waals surface area contributed by atoms with Gasteiger partial charge in [-0.25, -0.2) is 14.3 Å². The van der Waals surface area contributed by atoms with Crippen LogP contribution in [0.15, 0.2) is 35.1 Å². The number of carboxylic acid groups (broad SMARTS) is 1. The molecule has 0 saturated carbocycles. The lowest BCUT2D eigenvalue weighted by Gasteiger charge is -1.86. The van der Waals surface area contributed by atoms with Gasteiger partial charge in [0.25, 0.3) is 0 Å². The second kappa shape index (κ2) is 3.41. The fraction of sp³-hybridized carbons (Fsp3) is 0. The van der Waals surface area contributed by atoms with Gasteiger partial charge >= 0.3 is 5.97 Å². The summed E-state index contributed by atoms with van der Waals surface area (Å²) in [7, 11) is 0. The zero-order valence-electron chi connectivity index (χ0n) is 8.44. The molecule has 0 fully saturated rings. The second-order valence-corrected chi connectivity index (χ2v) is 3.33. The highest BCUT2D eigenvalue weighted by Crippen LogP contribution is 2.19. The highest BCUT2D eigenvalue weighted by atomic mass is 16.5. The predicted octanol–water partition coefficient (Wildman–Crippen LogP) is 1.08. The van der Waals surface area contributed by atoms with Gasteiger partial charge in [-0.05, 0) is 6.07 Å². The molecule has 0 radical (unpaired) electrons. The van der Waals surface area contributed by atoms with Crippen molar-refractivity contribution in [3.05, 3.63) is 36.3 Å². The first-order valence-corrected chi connectivity index (χ1v) is 4.75. The normalized spacial score (nSPS) is 10.8. The number of aromatic carboxylic acids is 1. The quantitative estimate of drug-likeness (QED) is 0.708. The van der Waals surface area contributed by atoms with Gasteiger partial charge in [-0.1, -0.05) is 5.16 Å². The molecule has 0 unspecified atom stereocenters. The van der Waals surface area contributed by atoms with E-state index in [-0.39, 0.29) is 5.69 Å². The molecule has 0 aliphatic heterocycles. The first-order chi connectivity index (χ1) is 8.24. The van der Waals surface area contributed by atoms with E-state index in [4.69, 9.17) is 9.63 Å². The summed E-state index contributed by atoms with van der Waals surface area (Å²) in [6, 6.07) is 4.75. The summed E-state index contributed by atoms with van der Waals surface area (Å²) in [5.74, 6) is -0.838. The maximum absolute atomic E-state index is 10.7. The molecule has 0 spiro atoms. The smallest absolute Gasteiger partial charge is 0.358 e. The van der Waals surface area contributed by atoms with Crippen molar-refractivity contribution < 1.29 is 14.4 Å². The van der Waals surface area contributed by atoms with E-state index >= 15 is 0 Å². The van der Waals surface area contributed by atoms with E-state index in [9.17, 15) is 4.79 Å². The van der Waals surface area contributed by atoms with Crippen molar-refractivity contribution in [1.29, 1.82) is 0 Å². The number of hydrogen-bond acceptors (Lipinski definition) is 5. The Morgan fingerprint density at radius 1 is 1.41 bits per heavy atom. The van der Waals surface area contributed by atoms with Crippen LogP contribution in [-0.4, -0.2) is 30.8 Å². The van der Waals surface area contributed by atoms with Gasteiger partial charge in [-0.15, -0.1) is 0 Å². The summed E-state index contributed by atoms with van der Waals surface area (Å²) in [5.41, 5.74) is 0.990. The number of rotatable bonds is 2. The van der Waals surface area contributed by atoms with Crippen LogP contribution >= 0.6 is 0 Å². The second-order valence-electron chi connectivity index (χ2n) is 3.33. The molecule has 3 aromatic heterocycles. The van der Waals surface area contributed by atoms with E-state index in [1.807, 2.05) is 0 Å². The van der Waals surface area contributed by atoms with Crippen LogP contribution < -0.4 is 0 Å². The number of carboxylic acids is 1. The number of carbonyl (C=O) groups is 1. The Labute approximate surface area is 94.3 Å². The average molecular weight is 230 g/mol. The van der Waals surface area contributed by atoms with Crippen LogP contribution in [0.25, 0.3) is 17.1 Å². The molecule has 0 bridgehead atoms. The molecule has 0 saturated heterocycles. The third kappa shape index (κ3) is 1.53. The Bertz CT molecular complexity index is 667. The van der Waals surface area contributed by atoms with Crippen LogP contribution in [0.4, 0.5) is 0 Å². The van der Waals surface area contributed by atoms with Gasteiger partial charge in [0.05, 0.1) is 0 Å². The molecule has 1 N–H and O–H groups in total. The van der Waals surface area contributed by atoms with Crippen LogP contribution in [0.1, 0.15) is 10.5 Å². The van der Waals surface area contributed by atoms with Crippen LogP contribution in [-0.2, 0) is 0 Å². The van der Waals surface area contributed by atoms with Gasteiger partial charge in [0.15, 0.2) is 17.1 Å². The lowest BCUT2D eigenvalue weighted by Crippen LogP contribution is -1.94. The molecular weight excluding hydrogens is 224 g/mol. The van der Waals surface area contributed by atoms with Gasteiger partial charge in [-0.3, -0.25) is 0 Å². The monoisotopic (exact) mass is 230 g/mol. The summed E-state index contributed by atoms with van der Waals surface area (Å²) in [4.78, 5) is 14.7. The predicted molar refractivity (Wildman–Crippen MR) is 55.4 cm³/mol. The molecule has 7 nitrogen and oxygen atoms in total. The summed E-state index contributed by atoms with van der Waals surface area (Å²) < 4.78 is 6.47. The van der Waals surface area contributed by atoms with E-state index < -0.39 is 5.97 Å². The fourth-order valence-electron chi connectivity index (χ4n) is 1.45. The minimum absolute atomic E-state index is 0.148. The van der Waals surface area contributed by atoms with Crippen LogP contribution in [0.5, 0.6) is 0 Å². The maximum atomic E-state index is 10.7. The molecule has 3 heterocycles. The van der Waals surface area contributed by atoms with Crippen LogP contribution in [0.3, 0.4) is 0 Å². The Morgan fingerprint density at radius 3 is 3.00 bits per heavy atom. The molecule has 17 heavy (non-hydrogen) atoms. The molecule has 0 atom stereocenters. The fourth-order valence-corrected chi connectivity index (χ4v) is 1.45. The molecule has 0 aliphatic carbocycles. The highest BCUT2D eigenvalue weighted by molar-refractivity contribution is 5.86. The SMILES string of the molecule is O=C(O)c1cc(-c2cc3ncccn3n2)on1. The molecule has 7 heteroatoms. The van der Waals surface area contributed by atoms with Crippen LogP contribution in [0.2, 0.25) is 0 Å². The summed E-state index contributed by atoms with van der Waals surface area (Å²) in [5, 5.41) is 16.3. The van der Waals surface area contributed by atoms with Crippen LogP contribution in [0, 0.1) is 0 Å². The van der Waals surface area contributed by atoms with Crippen molar-refractivity contribution in [3.8, 4) is 11.5 Å². The summed E-state index contributed by atoms with van der Waals surface area (Å²) in [6.45, 7) is 0. The Morgan fingerprint density at radius 2 is 2.29 bits per heavy atom. The van der Waals surface area contributed by atoms with Crippen molar-refractivity contribution in [3.63, 3.8) is 0 Å². The molecule has 0 aromatic carbocycles. The minimum atomic E-state index is -1.14. The topological polar surface area (TPSA) is 93.5 Å². The Balaban J connectivity index is 2.10. The van der Waals surface area contributed by atoms with Crippen molar-refractivity contribution in [2.24, 2.45) is 0 Å². The van der Waals surface area contributed by atoms with E-state index in [0.717, 1.165) is 0 Å². The number of hydrogen-bond donors (Lipinski definition) is 1. The summed E-state index contributed by atoms with van der Waals surface area (Å²) >= 11 is 0. The Kier molecular flexibility index (Phi) is 1.91. The first-order valence-electron chi connectivity index (χ1n) is 4.75. The van der Waals surface area contributed by atoms with E-state index in [1.54, 1.807) is 29.0 Å². The molecule has 0 aliphatic rings. The third-order valence-corrected chi connectivity index (χ3v) is 2.22. The van der Waals surface area contributed by atoms with Crippen molar-refractivity contribution in [2.75, 3.05) is 0 Å². The van der Waals surface area contributed by atoms with E-state index in [0.29, 0.717) is 17.1 Å². The lowest BCUT2D eigenvalue weighted by molar-refractivity contribution is 0.0686. The van der Waals surface area contributed by atoms with Gasteiger partial charge in [0.2, 0.25) is 0 Å². The standard InChI is InChI=1S/C10H6N4O3/c15-10(16)7-4-8(17-13-7)6-5-9-11-2-1-3-14(9)12-6/h1-5H,(H,15,16). The largest absolute Gasteiger partial charge is 0.476 e. The van der Waals surface area contributed by atoms with E-state index in [2.05, 4.69) is 15.2 Å². The molecule has 0 amide bonds. The number of aromatic nitrogens is 4. The van der Waals surface area contributed by atoms with Gasteiger partial charge in [0, 0.05) is 24.5 Å². The zero-order chi connectivity index (χ0) is 11.8. The average Bonchev–Trinajstić information content (AvgIpc) is 2.95.